The highest BCUT2D eigenvalue weighted by Crippen LogP contribution is 2.07. The van der Waals surface area contributed by atoms with E-state index in [0.29, 0.717) is 6.47 Å². The average Bonchev–Trinajstić information content (AvgIpc) is 2.10. The smallest absolute Gasteiger partial charge is 0.293 e. The van der Waals surface area contributed by atoms with Crippen LogP contribution in [0.3, 0.4) is 0 Å². The summed E-state index contributed by atoms with van der Waals surface area (Å²) in [4.78, 5) is 10.0. The van der Waals surface area contributed by atoms with Crippen LogP contribution in [0.1, 0.15) is 32.6 Å². The molecule has 72 valence electrons. The Morgan fingerprint density at radius 2 is 2.17 bits per heavy atom. The van der Waals surface area contributed by atoms with Crippen molar-refractivity contribution in [3.8, 4) is 0 Å². The van der Waals surface area contributed by atoms with Crippen molar-refractivity contribution < 1.29 is 14.3 Å². The Hall–Kier alpha value is -0.570. The fourth-order valence-corrected chi connectivity index (χ4v) is 1.07. The second kappa shape index (κ2) is 8.53. The van der Waals surface area contributed by atoms with Crippen LogP contribution in [0.25, 0.3) is 0 Å². The number of hydrogen-bond donors (Lipinski definition) is 0. The van der Waals surface area contributed by atoms with Crippen molar-refractivity contribution in [3.05, 3.63) is 0 Å². The van der Waals surface area contributed by atoms with Crippen molar-refractivity contribution in [2.75, 3.05) is 13.7 Å². The highest BCUT2D eigenvalue weighted by molar-refractivity contribution is 5.37. The molecule has 0 aromatic heterocycles. The molecule has 0 bridgehead atoms. The van der Waals surface area contributed by atoms with Crippen molar-refractivity contribution in [1.82, 2.24) is 0 Å². The molecule has 0 aromatic carbocycles. The van der Waals surface area contributed by atoms with Gasteiger partial charge in [-0.3, -0.25) is 4.79 Å². The lowest BCUT2D eigenvalue weighted by Crippen LogP contribution is -2.10. The third kappa shape index (κ3) is 6.16. The molecular formula is C9H18O3. The van der Waals surface area contributed by atoms with Crippen molar-refractivity contribution in [2.24, 2.45) is 0 Å². The van der Waals surface area contributed by atoms with E-state index in [1.165, 1.54) is 0 Å². The average molecular weight is 174 g/mol. The number of ether oxygens (including phenoxy) is 2. The van der Waals surface area contributed by atoms with E-state index in [9.17, 15) is 4.79 Å². The molecule has 0 spiro atoms. The SMILES string of the molecule is CCC(CCCCOC)OC=O. The van der Waals surface area contributed by atoms with Crippen LogP contribution in [0, 0.1) is 0 Å². The third-order valence-corrected chi connectivity index (χ3v) is 1.83. The molecule has 1 unspecified atom stereocenters. The van der Waals surface area contributed by atoms with E-state index in [-0.39, 0.29) is 6.10 Å². The Balaban J connectivity index is 3.25. The van der Waals surface area contributed by atoms with Crippen LogP contribution in [0.15, 0.2) is 0 Å². The Kier molecular flexibility index (Phi) is 8.12. The van der Waals surface area contributed by atoms with Crippen LogP contribution in [-0.4, -0.2) is 26.3 Å². The predicted octanol–water partition coefficient (Wildman–Crippen LogP) is 1.75. The fraction of sp³-hybridized carbons (Fsp3) is 0.889. The zero-order valence-corrected chi connectivity index (χ0v) is 7.91. The molecule has 0 fully saturated rings. The summed E-state index contributed by atoms with van der Waals surface area (Å²) in [5, 5.41) is 0. The van der Waals surface area contributed by atoms with Gasteiger partial charge in [0.2, 0.25) is 0 Å². The minimum atomic E-state index is 0.0966. The second-order valence-corrected chi connectivity index (χ2v) is 2.75. The molecule has 3 nitrogen and oxygen atoms in total. The lowest BCUT2D eigenvalue weighted by atomic mass is 10.1. The van der Waals surface area contributed by atoms with Crippen LogP contribution in [0.4, 0.5) is 0 Å². The third-order valence-electron chi connectivity index (χ3n) is 1.83. The quantitative estimate of drug-likeness (QED) is 0.415. The first kappa shape index (κ1) is 11.4. The van der Waals surface area contributed by atoms with Crippen molar-refractivity contribution in [3.63, 3.8) is 0 Å². The number of unbranched alkanes of at least 4 members (excludes halogenated alkanes) is 1. The van der Waals surface area contributed by atoms with Crippen LogP contribution >= 0.6 is 0 Å². The van der Waals surface area contributed by atoms with Crippen LogP contribution in [0.2, 0.25) is 0 Å². The molecular weight excluding hydrogens is 156 g/mol. The molecule has 0 radical (unpaired) electrons. The van der Waals surface area contributed by atoms with Crippen molar-refractivity contribution in [2.45, 2.75) is 38.7 Å². The van der Waals surface area contributed by atoms with Gasteiger partial charge in [-0.25, -0.2) is 0 Å². The second-order valence-electron chi connectivity index (χ2n) is 2.75. The standard InChI is InChI=1S/C9H18O3/c1-3-9(12-8-10)6-4-5-7-11-2/h8-9H,3-7H2,1-2H3. The van der Waals surface area contributed by atoms with E-state index in [0.717, 1.165) is 32.3 Å². The Labute approximate surface area is 74.0 Å². The molecule has 0 aliphatic carbocycles. The largest absolute Gasteiger partial charge is 0.465 e. The lowest BCUT2D eigenvalue weighted by Gasteiger charge is -2.11. The van der Waals surface area contributed by atoms with Gasteiger partial charge in [-0.15, -0.1) is 0 Å². The summed E-state index contributed by atoms with van der Waals surface area (Å²) in [6.45, 7) is 3.34. The highest BCUT2D eigenvalue weighted by atomic mass is 16.5. The van der Waals surface area contributed by atoms with Gasteiger partial charge in [0.15, 0.2) is 0 Å². The molecule has 0 aliphatic heterocycles. The number of carbonyl (C=O) groups excluding carboxylic acids is 1. The number of hydrogen-bond acceptors (Lipinski definition) is 3. The summed E-state index contributed by atoms with van der Waals surface area (Å²) >= 11 is 0. The van der Waals surface area contributed by atoms with Gasteiger partial charge in [0.25, 0.3) is 6.47 Å². The van der Waals surface area contributed by atoms with E-state index in [1.54, 1.807) is 7.11 Å². The first-order valence-corrected chi connectivity index (χ1v) is 4.43. The van der Waals surface area contributed by atoms with Gasteiger partial charge in [-0.2, -0.15) is 0 Å². The van der Waals surface area contributed by atoms with E-state index < -0.39 is 0 Å². The van der Waals surface area contributed by atoms with Gasteiger partial charge in [-0.1, -0.05) is 6.92 Å². The lowest BCUT2D eigenvalue weighted by molar-refractivity contribution is -0.134. The van der Waals surface area contributed by atoms with Crippen molar-refractivity contribution >= 4 is 6.47 Å². The molecule has 0 saturated heterocycles. The molecule has 0 aromatic rings. The number of carbonyl (C=O) groups is 1. The monoisotopic (exact) mass is 174 g/mol. The van der Waals surface area contributed by atoms with Crippen LogP contribution in [-0.2, 0) is 14.3 Å². The van der Waals surface area contributed by atoms with Gasteiger partial charge in [-0.05, 0) is 25.7 Å². The minimum absolute atomic E-state index is 0.0966. The number of methoxy groups -OCH3 is 1. The summed E-state index contributed by atoms with van der Waals surface area (Å²) in [6.07, 6.45) is 4.03. The van der Waals surface area contributed by atoms with E-state index in [1.807, 2.05) is 6.92 Å². The Morgan fingerprint density at radius 1 is 1.42 bits per heavy atom. The molecule has 0 N–H and O–H groups in total. The van der Waals surface area contributed by atoms with Gasteiger partial charge in [0.1, 0.15) is 6.10 Å². The minimum Gasteiger partial charge on any atom is -0.465 e. The summed E-state index contributed by atoms with van der Waals surface area (Å²) in [6, 6.07) is 0. The van der Waals surface area contributed by atoms with E-state index in [4.69, 9.17) is 9.47 Å². The van der Waals surface area contributed by atoms with Gasteiger partial charge in [0.05, 0.1) is 0 Å². The maximum atomic E-state index is 10.0. The summed E-state index contributed by atoms with van der Waals surface area (Å²) in [5.74, 6) is 0. The first-order chi connectivity index (χ1) is 5.85. The van der Waals surface area contributed by atoms with Crippen LogP contribution < -0.4 is 0 Å². The normalized spacial score (nSPS) is 12.5. The molecule has 0 rings (SSSR count). The molecule has 3 heteroatoms. The summed E-state index contributed by atoms with van der Waals surface area (Å²) in [5.41, 5.74) is 0. The first-order valence-electron chi connectivity index (χ1n) is 4.43. The molecule has 1 atom stereocenters. The fourth-order valence-electron chi connectivity index (χ4n) is 1.07. The summed E-state index contributed by atoms with van der Waals surface area (Å²) in [7, 11) is 1.69. The molecule has 0 aliphatic rings. The predicted molar refractivity (Wildman–Crippen MR) is 47.0 cm³/mol. The topological polar surface area (TPSA) is 35.5 Å². The molecule has 0 saturated carbocycles. The molecule has 0 amide bonds. The maximum absolute atomic E-state index is 10.0. The molecule has 12 heavy (non-hydrogen) atoms. The van der Waals surface area contributed by atoms with Gasteiger partial charge in [0, 0.05) is 13.7 Å². The van der Waals surface area contributed by atoms with Gasteiger partial charge >= 0.3 is 0 Å². The van der Waals surface area contributed by atoms with Crippen molar-refractivity contribution in [1.29, 1.82) is 0 Å². The highest BCUT2D eigenvalue weighted by Gasteiger charge is 2.04. The summed E-state index contributed by atoms with van der Waals surface area (Å²) < 4.78 is 9.76. The zero-order chi connectivity index (χ0) is 9.23. The Bertz CT molecular complexity index is 104. The Morgan fingerprint density at radius 3 is 2.67 bits per heavy atom. The van der Waals surface area contributed by atoms with Crippen LogP contribution in [0.5, 0.6) is 0 Å². The molecule has 0 heterocycles. The maximum Gasteiger partial charge on any atom is 0.293 e. The number of rotatable bonds is 8. The zero-order valence-electron chi connectivity index (χ0n) is 7.91. The van der Waals surface area contributed by atoms with E-state index >= 15 is 0 Å². The van der Waals surface area contributed by atoms with Gasteiger partial charge < -0.3 is 9.47 Å². The van der Waals surface area contributed by atoms with E-state index in [2.05, 4.69) is 0 Å².